The number of benzene rings is 1. The van der Waals surface area contributed by atoms with Crippen molar-refractivity contribution < 1.29 is 19.4 Å². The van der Waals surface area contributed by atoms with E-state index < -0.39 is 11.1 Å². The van der Waals surface area contributed by atoms with Gasteiger partial charge in [-0.25, -0.2) is 14.1 Å². The molecule has 4 heterocycles. The highest BCUT2D eigenvalue weighted by atomic mass is 16.5. The zero-order chi connectivity index (χ0) is 33.8. The first-order chi connectivity index (χ1) is 22.4. The quantitative estimate of drug-likeness (QED) is 0.230. The predicted molar refractivity (Wildman–Crippen MR) is 181 cm³/mol. The fraction of sp³-hybridized carbons (Fsp3) is 0.622. The second-order valence-corrected chi connectivity index (χ2v) is 15.2. The number of hydrogen-bond acceptors (Lipinski definition) is 4. The Kier molecular flexibility index (Phi) is 10.9. The average Bonchev–Trinajstić information content (AvgIpc) is 3.81. The summed E-state index contributed by atoms with van der Waals surface area (Å²) in [5.74, 6) is 0.556. The number of aromatic nitrogens is 4. The lowest BCUT2D eigenvalue weighted by atomic mass is 9.79. The van der Waals surface area contributed by atoms with Gasteiger partial charge in [-0.2, -0.15) is 0 Å². The Hall–Kier alpha value is -3.50. The van der Waals surface area contributed by atoms with E-state index in [-0.39, 0.29) is 42.5 Å². The number of nitrogens with one attached hydrogen (secondary N) is 1. The van der Waals surface area contributed by atoms with E-state index in [1.54, 1.807) is 0 Å². The second kappa shape index (κ2) is 14.7. The largest absolute Gasteiger partial charge is 0.350 e. The van der Waals surface area contributed by atoms with Crippen molar-refractivity contribution in [2.24, 2.45) is 0 Å². The topological polar surface area (TPSA) is 99.2 Å². The Morgan fingerprint density at radius 2 is 1.70 bits per heavy atom. The van der Waals surface area contributed by atoms with Crippen LogP contribution in [0.15, 0.2) is 67.8 Å². The average molecular weight is 646 g/mol. The molecule has 10 nitrogen and oxygen atoms in total. The van der Waals surface area contributed by atoms with Crippen LogP contribution in [0.5, 0.6) is 0 Å². The summed E-state index contributed by atoms with van der Waals surface area (Å²) in [5.41, 5.74) is 0.243. The molecule has 0 saturated carbocycles. The van der Waals surface area contributed by atoms with E-state index in [0.717, 1.165) is 38.6 Å². The molecule has 2 fully saturated rings. The number of hydrogen-bond donors (Lipinski definition) is 1. The van der Waals surface area contributed by atoms with Crippen molar-refractivity contribution in [3.63, 3.8) is 0 Å². The van der Waals surface area contributed by atoms with Gasteiger partial charge in [0.2, 0.25) is 12.2 Å². The summed E-state index contributed by atoms with van der Waals surface area (Å²) in [6.07, 6.45) is 18.2. The SMILES string of the molecule is CCC(CC(CC(CC(C)c1ccccc1)N1CCCC1=O)n1ccnc1)n1cc[n+](CC(=O)NC2CC(C)(C)N([O])C(C)(C)C2)c1. The first kappa shape index (κ1) is 34.8. The van der Waals surface area contributed by atoms with Crippen molar-refractivity contribution in [1.82, 2.24) is 29.4 Å². The maximum atomic E-state index is 13.2. The van der Waals surface area contributed by atoms with Gasteiger partial charge in [-0.1, -0.05) is 44.2 Å². The summed E-state index contributed by atoms with van der Waals surface area (Å²) in [4.78, 5) is 32.7. The first-order valence-corrected chi connectivity index (χ1v) is 17.5. The molecule has 0 bridgehead atoms. The van der Waals surface area contributed by atoms with Gasteiger partial charge >= 0.3 is 0 Å². The van der Waals surface area contributed by atoms with Crippen molar-refractivity contribution in [1.29, 1.82) is 0 Å². The summed E-state index contributed by atoms with van der Waals surface area (Å²) in [5, 5.41) is 17.2. The Morgan fingerprint density at radius 1 is 1.00 bits per heavy atom. The van der Waals surface area contributed by atoms with E-state index in [4.69, 9.17) is 0 Å². The van der Waals surface area contributed by atoms with E-state index in [9.17, 15) is 14.8 Å². The van der Waals surface area contributed by atoms with Crippen molar-refractivity contribution in [2.45, 2.75) is 141 Å². The van der Waals surface area contributed by atoms with Crippen molar-refractivity contribution in [3.05, 3.63) is 73.3 Å². The predicted octanol–water partition coefficient (Wildman–Crippen LogP) is 5.61. The Bertz CT molecular complexity index is 1430. The van der Waals surface area contributed by atoms with Crippen LogP contribution >= 0.6 is 0 Å². The molecule has 1 aromatic carbocycles. The minimum absolute atomic E-state index is 0.0419. The summed E-state index contributed by atoms with van der Waals surface area (Å²) in [7, 11) is 0. The van der Waals surface area contributed by atoms with Gasteiger partial charge in [0.15, 0.2) is 6.54 Å². The third kappa shape index (κ3) is 8.51. The lowest BCUT2D eigenvalue weighted by molar-refractivity contribution is -0.684. The monoisotopic (exact) mass is 645 g/mol. The number of imidazole rings is 2. The minimum Gasteiger partial charge on any atom is -0.350 e. The zero-order valence-electron chi connectivity index (χ0n) is 29.2. The van der Waals surface area contributed by atoms with E-state index in [2.05, 4.69) is 74.7 Å². The number of hydroxylamine groups is 2. The highest BCUT2D eigenvalue weighted by Gasteiger charge is 2.46. The number of amides is 2. The van der Waals surface area contributed by atoms with Crippen LogP contribution in [0.2, 0.25) is 0 Å². The fourth-order valence-electron chi connectivity index (χ4n) is 8.21. The number of rotatable bonds is 14. The molecule has 255 valence electrons. The van der Waals surface area contributed by atoms with Crippen LogP contribution in [0.25, 0.3) is 0 Å². The van der Waals surface area contributed by atoms with Crippen LogP contribution in [-0.4, -0.2) is 65.6 Å². The number of carbonyl (C=O) groups excluding carboxylic acids is 2. The third-order valence-corrected chi connectivity index (χ3v) is 10.5. The molecule has 5 rings (SSSR count). The fourth-order valence-corrected chi connectivity index (χ4v) is 8.21. The van der Waals surface area contributed by atoms with Gasteiger partial charge in [-0.15, -0.1) is 10.3 Å². The van der Waals surface area contributed by atoms with Gasteiger partial charge in [0.1, 0.15) is 18.4 Å². The molecule has 1 radical (unpaired) electrons. The molecule has 2 aromatic heterocycles. The lowest BCUT2D eigenvalue weighted by Gasteiger charge is -2.49. The molecule has 0 aliphatic carbocycles. The highest BCUT2D eigenvalue weighted by Crippen LogP contribution is 2.37. The summed E-state index contributed by atoms with van der Waals surface area (Å²) >= 11 is 0. The van der Waals surface area contributed by atoms with Gasteiger partial charge in [-0.3, -0.25) is 9.59 Å². The Balaban J connectivity index is 1.27. The summed E-state index contributed by atoms with van der Waals surface area (Å²) in [6.45, 7) is 13.3. The summed E-state index contributed by atoms with van der Waals surface area (Å²) < 4.78 is 6.38. The molecule has 4 unspecified atom stereocenters. The molecule has 3 aromatic rings. The summed E-state index contributed by atoms with van der Waals surface area (Å²) in [6, 6.07) is 11.1. The van der Waals surface area contributed by atoms with Crippen LogP contribution in [0.3, 0.4) is 0 Å². The molecular weight excluding hydrogens is 590 g/mol. The van der Waals surface area contributed by atoms with Crippen LogP contribution in [0, 0.1) is 0 Å². The van der Waals surface area contributed by atoms with Crippen LogP contribution < -0.4 is 9.88 Å². The lowest BCUT2D eigenvalue weighted by Crippen LogP contribution is -2.62. The molecule has 2 saturated heterocycles. The molecule has 2 aliphatic rings. The van der Waals surface area contributed by atoms with E-state index in [1.165, 1.54) is 10.6 Å². The van der Waals surface area contributed by atoms with Gasteiger partial charge in [0, 0.05) is 61.0 Å². The third-order valence-electron chi connectivity index (χ3n) is 10.5. The van der Waals surface area contributed by atoms with Crippen LogP contribution in [0.4, 0.5) is 0 Å². The van der Waals surface area contributed by atoms with Gasteiger partial charge < -0.3 is 14.8 Å². The Labute approximate surface area is 280 Å². The standard InChI is InChI=1S/C37H54N7O3/c1-7-31(42-19-18-40(27-42)25-34(45)39-30-23-36(3,4)44(47)37(5,6)24-30)21-32(41-17-15-38-26-41)22-33(43-16-11-14-35(43)46)20-28(2)29-12-9-8-10-13-29/h8-10,12-13,15,17-19,26-28,30-33H,7,11,14,16,20-25H2,1-6H3/p+1. The van der Waals surface area contributed by atoms with Gasteiger partial charge in [0.25, 0.3) is 5.91 Å². The number of carbonyl (C=O) groups is 2. The molecule has 47 heavy (non-hydrogen) atoms. The Morgan fingerprint density at radius 3 is 2.32 bits per heavy atom. The number of likely N-dealkylation sites (tertiary alicyclic amines) is 1. The van der Waals surface area contributed by atoms with Crippen molar-refractivity contribution in [2.75, 3.05) is 6.54 Å². The van der Waals surface area contributed by atoms with Crippen molar-refractivity contribution >= 4 is 11.8 Å². The van der Waals surface area contributed by atoms with Crippen LogP contribution in [-0.2, 0) is 21.3 Å². The molecule has 1 N–H and O–H groups in total. The molecular formula is C37H55N7O3+. The van der Waals surface area contributed by atoms with E-state index in [0.29, 0.717) is 25.2 Å². The number of piperidine rings is 1. The smallest absolute Gasteiger partial charge is 0.262 e. The van der Waals surface area contributed by atoms with Crippen molar-refractivity contribution in [3.8, 4) is 0 Å². The molecule has 4 atom stereocenters. The molecule has 2 aliphatic heterocycles. The maximum absolute atomic E-state index is 13.2. The molecule has 0 spiro atoms. The minimum atomic E-state index is -0.531. The van der Waals surface area contributed by atoms with Gasteiger partial charge in [-0.05, 0) is 77.7 Å². The first-order valence-electron chi connectivity index (χ1n) is 17.5. The highest BCUT2D eigenvalue weighted by molar-refractivity contribution is 5.78. The maximum Gasteiger partial charge on any atom is 0.262 e. The zero-order valence-corrected chi connectivity index (χ0v) is 29.2. The molecule has 10 heteroatoms. The number of nitrogens with zero attached hydrogens (tertiary/aromatic N) is 6. The van der Waals surface area contributed by atoms with E-state index >= 15 is 0 Å². The normalized spacial score (nSPS) is 21.0. The van der Waals surface area contributed by atoms with Crippen LogP contribution in [0.1, 0.15) is 116 Å². The van der Waals surface area contributed by atoms with E-state index in [1.807, 2.05) is 63.5 Å². The molecule has 2 amide bonds. The van der Waals surface area contributed by atoms with Gasteiger partial charge in [0.05, 0.1) is 6.33 Å². The second-order valence-electron chi connectivity index (χ2n) is 15.2.